The van der Waals surface area contributed by atoms with Crippen LogP contribution in [0.5, 0.6) is 0 Å². The van der Waals surface area contributed by atoms with Crippen molar-refractivity contribution in [1.82, 2.24) is 4.90 Å². The number of carboxylic acid groups (broad SMARTS) is 1. The van der Waals surface area contributed by atoms with E-state index in [9.17, 15) is 14.7 Å². The van der Waals surface area contributed by atoms with Gasteiger partial charge in [0.1, 0.15) is 4.32 Å². The smallest absolute Gasteiger partial charge is 0.266 e. The quantitative estimate of drug-likeness (QED) is 0.590. The minimum absolute atomic E-state index is 0.0998. The summed E-state index contributed by atoms with van der Waals surface area (Å²) in [6, 6.07) is 5.95. The third-order valence-corrected chi connectivity index (χ3v) is 4.85. The van der Waals surface area contributed by atoms with Crippen LogP contribution < -0.4 is 5.11 Å². The molecule has 0 spiro atoms. The molecule has 1 aliphatic heterocycles. The molecule has 1 fully saturated rings. The third kappa shape index (κ3) is 4.34. The van der Waals surface area contributed by atoms with E-state index in [1.165, 1.54) is 0 Å². The van der Waals surface area contributed by atoms with Gasteiger partial charge in [0.25, 0.3) is 5.91 Å². The first-order chi connectivity index (χ1) is 10.8. The van der Waals surface area contributed by atoms with Crippen molar-refractivity contribution < 1.29 is 14.7 Å². The van der Waals surface area contributed by atoms with Crippen molar-refractivity contribution >= 4 is 57.9 Å². The number of hydrogen-bond acceptors (Lipinski definition) is 5. The Labute approximate surface area is 149 Å². The third-order valence-electron chi connectivity index (χ3n) is 3.27. The normalized spacial score (nSPS) is 18.1. The highest BCUT2D eigenvalue weighted by molar-refractivity contribution is 8.26. The first-order valence-corrected chi connectivity index (χ1v) is 8.63. The summed E-state index contributed by atoms with van der Waals surface area (Å²) in [5.41, 5.74) is 0.795. The van der Waals surface area contributed by atoms with Gasteiger partial charge in [-0.1, -0.05) is 61.6 Å². The second-order valence-electron chi connectivity index (χ2n) is 5.57. The lowest BCUT2D eigenvalue weighted by Crippen LogP contribution is -2.50. The molecule has 122 valence electrons. The van der Waals surface area contributed by atoms with Crippen LogP contribution in [0.3, 0.4) is 0 Å². The first-order valence-electron chi connectivity index (χ1n) is 7.03. The summed E-state index contributed by atoms with van der Waals surface area (Å²) in [7, 11) is 0. The van der Waals surface area contributed by atoms with Crippen molar-refractivity contribution in [2.75, 3.05) is 0 Å². The molecule has 0 radical (unpaired) electrons. The van der Waals surface area contributed by atoms with Gasteiger partial charge in [0.15, 0.2) is 0 Å². The Morgan fingerprint density at radius 2 is 2.00 bits per heavy atom. The van der Waals surface area contributed by atoms with E-state index in [1.807, 2.05) is 13.8 Å². The van der Waals surface area contributed by atoms with Crippen molar-refractivity contribution in [2.45, 2.75) is 26.3 Å². The maximum absolute atomic E-state index is 12.5. The number of amides is 1. The molecule has 1 aliphatic rings. The SMILES string of the molecule is CC(C)C[C@@H](C(=O)[O-])N1C(=O)/C(=C/c2ccc(Cl)cc2)SC1=S. The Kier molecular flexibility index (Phi) is 5.84. The van der Waals surface area contributed by atoms with E-state index >= 15 is 0 Å². The molecule has 1 saturated heterocycles. The van der Waals surface area contributed by atoms with Gasteiger partial charge in [-0.2, -0.15) is 0 Å². The number of thioether (sulfide) groups is 1. The molecular weight excluding hydrogens is 354 g/mol. The van der Waals surface area contributed by atoms with Crippen LogP contribution in [0.1, 0.15) is 25.8 Å². The van der Waals surface area contributed by atoms with Gasteiger partial charge in [0.2, 0.25) is 0 Å². The Morgan fingerprint density at radius 3 is 2.52 bits per heavy atom. The molecule has 1 aromatic carbocycles. The molecule has 1 amide bonds. The summed E-state index contributed by atoms with van der Waals surface area (Å²) < 4.78 is 0.241. The Hall–Kier alpha value is -1.37. The maximum Gasteiger partial charge on any atom is 0.266 e. The zero-order chi connectivity index (χ0) is 17.1. The molecule has 4 nitrogen and oxygen atoms in total. The highest BCUT2D eigenvalue weighted by atomic mass is 35.5. The number of carboxylic acids is 1. The standard InChI is InChI=1S/C16H16ClNO3S2/c1-9(2)7-12(15(20)21)18-14(19)13(23-16(18)22)8-10-3-5-11(17)6-4-10/h3-6,8-9,12H,7H2,1-2H3,(H,20,21)/p-1/b13-8-/t12-/m0/s1. The largest absolute Gasteiger partial charge is 0.548 e. The van der Waals surface area contributed by atoms with E-state index in [-0.39, 0.29) is 10.2 Å². The molecule has 1 heterocycles. The van der Waals surface area contributed by atoms with E-state index in [0.717, 1.165) is 22.2 Å². The van der Waals surface area contributed by atoms with Crippen LogP contribution in [0, 0.1) is 5.92 Å². The van der Waals surface area contributed by atoms with Gasteiger partial charge in [-0.3, -0.25) is 9.69 Å². The molecule has 0 N–H and O–H groups in total. The van der Waals surface area contributed by atoms with Gasteiger partial charge in [-0.15, -0.1) is 0 Å². The molecular formula is C16H15ClNO3S2-. The second kappa shape index (κ2) is 7.47. The van der Waals surface area contributed by atoms with Crippen LogP contribution in [0.15, 0.2) is 29.2 Å². The van der Waals surface area contributed by atoms with Crippen LogP contribution in [0.4, 0.5) is 0 Å². The Morgan fingerprint density at radius 1 is 1.39 bits per heavy atom. The highest BCUT2D eigenvalue weighted by Gasteiger charge is 2.37. The summed E-state index contributed by atoms with van der Waals surface area (Å²) in [4.78, 5) is 25.5. The fourth-order valence-electron chi connectivity index (χ4n) is 2.21. The van der Waals surface area contributed by atoms with Crippen LogP contribution in [-0.4, -0.2) is 27.1 Å². The summed E-state index contributed by atoms with van der Waals surface area (Å²) in [5.74, 6) is -1.59. The van der Waals surface area contributed by atoms with Crippen molar-refractivity contribution in [3.8, 4) is 0 Å². The summed E-state index contributed by atoms with van der Waals surface area (Å²) in [6.45, 7) is 3.77. The van der Waals surface area contributed by atoms with Gasteiger partial charge in [0.05, 0.1) is 16.9 Å². The minimum Gasteiger partial charge on any atom is -0.548 e. The molecule has 23 heavy (non-hydrogen) atoms. The molecule has 1 atom stereocenters. The molecule has 7 heteroatoms. The number of carbonyl (C=O) groups is 2. The van der Waals surface area contributed by atoms with Crippen molar-refractivity contribution in [3.63, 3.8) is 0 Å². The summed E-state index contributed by atoms with van der Waals surface area (Å²) >= 11 is 12.1. The van der Waals surface area contributed by atoms with Crippen molar-refractivity contribution in [1.29, 1.82) is 0 Å². The molecule has 0 aromatic heterocycles. The maximum atomic E-state index is 12.5. The number of nitrogens with zero attached hydrogens (tertiary/aromatic N) is 1. The van der Waals surface area contributed by atoms with Crippen molar-refractivity contribution in [2.24, 2.45) is 5.92 Å². The second-order valence-corrected chi connectivity index (χ2v) is 7.68. The zero-order valence-electron chi connectivity index (χ0n) is 12.6. The van der Waals surface area contributed by atoms with Gasteiger partial charge in [-0.25, -0.2) is 0 Å². The number of benzene rings is 1. The van der Waals surface area contributed by atoms with E-state index in [4.69, 9.17) is 23.8 Å². The average molecular weight is 369 g/mol. The van der Waals surface area contributed by atoms with Crippen LogP contribution >= 0.6 is 35.6 Å². The average Bonchev–Trinajstić information content (AvgIpc) is 2.73. The first kappa shape index (κ1) is 18.0. The van der Waals surface area contributed by atoms with Gasteiger partial charge in [-0.05, 0) is 36.1 Å². The number of thiocarbonyl (C=S) groups is 1. The molecule has 2 rings (SSSR count). The number of carbonyl (C=O) groups excluding carboxylic acids is 2. The number of hydrogen-bond donors (Lipinski definition) is 0. The number of aliphatic carboxylic acids is 1. The predicted octanol–water partition coefficient (Wildman–Crippen LogP) is 2.71. The summed E-state index contributed by atoms with van der Waals surface area (Å²) in [5, 5.41) is 12.0. The van der Waals surface area contributed by atoms with E-state index in [2.05, 4.69) is 0 Å². The lowest BCUT2D eigenvalue weighted by Gasteiger charge is -2.28. The fraction of sp³-hybridized carbons (Fsp3) is 0.312. The van der Waals surface area contributed by atoms with E-state index < -0.39 is 17.9 Å². The lowest BCUT2D eigenvalue weighted by molar-refractivity contribution is -0.310. The Balaban J connectivity index is 2.28. The van der Waals surface area contributed by atoms with Crippen LogP contribution in [0.2, 0.25) is 5.02 Å². The minimum atomic E-state index is -1.29. The zero-order valence-corrected chi connectivity index (χ0v) is 15.0. The van der Waals surface area contributed by atoms with Gasteiger partial charge >= 0.3 is 0 Å². The fourth-order valence-corrected chi connectivity index (χ4v) is 3.70. The summed E-state index contributed by atoms with van der Waals surface area (Å²) in [6.07, 6.45) is 1.97. The number of rotatable bonds is 5. The van der Waals surface area contributed by atoms with Crippen LogP contribution in [-0.2, 0) is 9.59 Å². The molecule has 0 aliphatic carbocycles. The molecule has 0 saturated carbocycles. The van der Waals surface area contributed by atoms with Gasteiger partial charge in [0, 0.05) is 5.02 Å². The van der Waals surface area contributed by atoms with E-state index in [0.29, 0.717) is 16.3 Å². The lowest BCUT2D eigenvalue weighted by atomic mass is 10.0. The predicted molar refractivity (Wildman–Crippen MR) is 94.7 cm³/mol. The topological polar surface area (TPSA) is 60.4 Å². The van der Waals surface area contributed by atoms with Gasteiger partial charge < -0.3 is 9.90 Å². The van der Waals surface area contributed by atoms with Crippen molar-refractivity contribution in [3.05, 3.63) is 39.8 Å². The molecule has 0 unspecified atom stereocenters. The Bertz CT molecular complexity index is 670. The van der Waals surface area contributed by atoms with E-state index in [1.54, 1.807) is 30.3 Å². The molecule has 1 aromatic rings. The number of halogens is 1. The molecule has 0 bridgehead atoms. The monoisotopic (exact) mass is 368 g/mol. The van der Waals surface area contributed by atoms with Crippen LogP contribution in [0.25, 0.3) is 6.08 Å². The highest BCUT2D eigenvalue weighted by Crippen LogP contribution is 2.35.